The van der Waals surface area contributed by atoms with Crippen molar-refractivity contribution in [1.29, 1.82) is 0 Å². The van der Waals surface area contributed by atoms with Gasteiger partial charge in [0.05, 0.1) is 0 Å². The van der Waals surface area contributed by atoms with Gasteiger partial charge >= 0.3 is 0 Å². The maximum atomic E-state index is 13.7. The van der Waals surface area contributed by atoms with E-state index in [2.05, 4.69) is 10.2 Å². The summed E-state index contributed by atoms with van der Waals surface area (Å²) in [4.78, 5) is 11.2. The van der Waals surface area contributed by atoms with Gasteiger partial charge in [-0.15, -0.1) is 10.2 Å². The summed E-state index contributed by atoms with van der Waals surface area (Å²) in [5, 5.41) is 16.1. The number of alkyl halides is 2. The third kappa shape index (κ3) is 4.14. The van der Waals surface area contributed by atoms with E-state index in [4.69, 9.17) is 0 Å². The maximum Gasteiger partial charge on any atom is 0.273 e. The second-order valence-corrected chi connectivity index (χ2v) is 4.41. The molecule has 4 nitrogen and oxygen atoms in total. The summed E-state index contributed by atoms with van der Waals surface area (Å²) in [5.74, 6) is -5.01. The Kier molecular flexibility index (Phi) is 5.23. The molecule has 0 aliphatic rings. The summed E-state index contributed by atoms with van der Waals surface area (Å²) >= 11 is 0. The van der Waals surface area contributed by atoms with Crippen molar-refractivity contribution in [2.45, 2.75) is 33.1 Å². The molecule has 0 aromatic heterocycles. The van der Waals surface area contributed by atoms with Gasteiger partial charge in [-0.05, 0) is 19.1 Å². The van der Waals surface area contributed by atoms with Crippen molar-refractivity contribution in [1.82, 2.24) is 0 Å². The monoisotopic (exact) mass is 300 g/mol. The number of carbonyl (C=O) groups excluding carboxylic acids is 1. The lowest BCUT2D eigenvalue weighted by molar-refractivity contribution is -0.113. The smallest absolute Gasteiger partial charge is 0.273 e. The fraction of sp³-hybridized carbons (Fsp3) is 0.357. The topological polar surface area (TPSA) is 62.0 Å². The van der Waals surface area contributed by atoms with Crippen LogP contribution in [0.2, 0.25) is 0 Å². The highest BCUT2D eigenvalue weighted by Crippen LogP contribution is 2.33. The number of hydrogen-bond acceptors (Lipinski definition) is 4. The summed E-state index contributed by atoms with van der Waals surface area (Å²) in [7, 11) is 0. The van der Waals surface area contributed by atoms with Crippen molar-refractivity contribution in [2.75, 3.05) is 0 Å². The molecular formula is C14H15F3N2O2. The molecule has 0 spiro atoms. The minimum absolute atomic E-state index is 0.300. The van der Waals surface area contributed by atoms with Gasteiger partial charge in [-0.2, -0.15) is 0 Å². The number of Topliss-reactive ketones (excluding diaryl/α,β-unsaturated/α-hetero) is 1. The van der Waals surface area contributed by atoms with Crippen molar-refractivity contribution in [2.24, 2.45) is 10.2 Å². The Labute approximate surface area is 120 Å². The highest BCUT2D eigenvalue weighted by molar-refractivity contribution is 5.93. The lowest BCUT2D eigenvalue weighted by atomic mass is 10.1. The van der Waals surface area contributed by atoms with Crippen LogP contribution in [-0.2, 0) is 10.7 Å². The largest absolute Gasteiger partial charge is 0.510 e. The molecule has 0 bridgehead atoms. The molecule has 0 fully saturated rings. The highest BCUT2D eigenvalue weighted by atomic mass is 19.3. The molecule has 7 heteroatoms. The SMILES string of the molecule is CCC(F)(F)c1ccc(N=NC(C(C)=O)=C(C)O)c(F)c1. The van der Waals surface area contributed by atoms with Gasteiger partial charge in [0.25, 0.3) is 5.92 Å². The first kappa shape index (κ1) is 16.9. The lowest BCUT2D eigenvalue weighted by Crippen LogP contribution is -2.11. The summed E-state index contributed by atoms with van der Waals surface area (Å²) < 4.78 is 40.6. The molecule has 0 unspecified atom stereocenters. The Morgan fingerprint density at radius 3 is 2.38 bits per heavy atom. The number of nitrogens with zero attached hydrogens (tertiary/aromatic N) is 2. The van der Waals surface area contributed by atoms with Crippen LogP contribution in [0.5, 0.6) is 0 Å². The first-order valence-electron chi connectivity index (χ1n) is 6.19. The molecule has 0 radical (unpaired) electrons. The number of halogens is 3. The summed E-state index contributed by atoms with van der Waals surface area (Å²) in [5.41, 5.74) is -1.08. The van der Waals surface area contributed by atoms with Gasteiger partial charge < -0.3 is 5.11 Å². The van der Waals surface area contributed by atoms with Crippen LogP contribution in [0.4, 0.5) is 18.9 Å². The predicted octanol–water partition coefficient (Wildman–Crippen LogP) is 4.79. The molecule has 0 saturated carbocycles. The van der Waals surface area contributed by atoms with Crippen molar-refractivity contribution in [3.8, 4) is 0 Å². The van der Waals surface area contributed by atoms with Crippen LogP contribution >= 0.6 is 0 Å². The number of azo groups is 1. The van der Waals surface area contributed by atoms with Crippen molar-refractivity contribution < 1.29 is 23.1 Å². The Hall–Kier alpha value is -2.18. The first-order chi connectivity index (χ1) is 9.69. The van der Waals surface area contributed by atoms with E-state index in [-0.39, 0.29) is 17.1 Å². The Morgan fingerprint density at radius 1 is 1.33 bits per heavy atom. The molecule has 1 aromatic rings. The quantitative estimate of drug-likeness (QED) is 0.483. The van der Waals surface area contributed by atoms with E-state index in [1.54, 1.807) is 0 Å². The lowest BCUT2D eigenvalue weighted by Gasteiger charge is -2.14. The number of hydrogen-bond donors (Lipinski definition) is 1. The van der Waals surface area contributed by atoms with Crippen LogP contribution in [0.1, 0.15) is 32.8 Å². The fourth-order valence-electron chi connectivity index (χ4n) is 1.52. The maximum absolute atomic E-state index is 13.7. The zero-order valence-electron chi connectivity index (χ0n) is 11.8. The number of aliphatic hydroxyl groups is 1. The number of benzene rings is 1. The number of rotatable bonds is 5. The third-order valence-electron chi connectivity index (χ3n) is 2.75. The van der Waals surface area contributed by atoms with Gasteiger partial charge in [-0.25, -0.2) is 13.2 Å². The summed E-state index contributed by atoms with van der Waals surface area (Å²) in [6.45, 7) is 3.69. The average Bonchev–Trinajstić information content (AvgIpc) is 2.39. The van der Waals surface area contributed by atoms with Crippen LogP contribution in [0.25, 0.3) is 0 Å². The van der Waals surface area contributed by atoms with Gasteiger partial charge in [0.2, 0.25) is 0 Å². The van der Waals surface area contributed by atoms with Gasteiger partial charge in [-0.1, -0.05) is 13.0 Å². The van der Waals surface area contributed by atoms with E-state index in [0.717, 1.165) is 19.1 Å². The fourth-order valence-corrected chi connectivity index (χ4v) is 1.52. The van der Waals surface area contributed by atoms with Crippen molar-refractivity contribution >= 4 is 11.5 Å². The van der Waals surface area contributed by atoms with Crippen LogP contribution < -0.4 is 0 Å². The number of aliphatic hydroxyl groups excluding tert-OH is 1. The van der Waals surface area contributed by atoms with Gasteiger partial charge in [-0.3, -0.25) is 4.79 Å². The number of carbonyl (C=O) groups is 1. The van der Waals surface area contributed by atoms with Gasteiger partial charge in [0.1, 0.15) is 11.4 Å². The molecule has 1 N–H and O–H groups in total. The van der Waals surface area contributed by atoms with Gasteiger partial charge in [0.15, 0.2) is 17.3 Å². The number of allylic oxidation sites excluding steroid dienone is 2. The molecule has 0 aliphatic carbocycles. The van der Waals surface area contributed by atoms with E-state index >= 15 is 0 Å². The normalized spacial score (nSPS) is 13.4. The zero-order chi connectivity index (χ0) is 16.2. The molecule has 114 valence electrons. The van der Waals surface area contributed by atoms with Crippen LogP contribution in [0.3, 0.4) is 0 Å². The summed E-state index contributed by atoms with van der Waals surface area (Å²) in [6, 6.07) is 2.77. The van der Waals surface area contributed by atoms with Crippen molar-refractivity contribution in [3.05, 3.63) is 41.0 Å². The molecule has 1 aromatic carbocycles. The second kappa shape index (κ2) is 6.51. The minimum Gasteiger partial charge on any atom is -0.510 e. The van der Waals surface area contributed by atoms with Gasteiger partial charge in [0, 0.05) is 18.9 Å². The van der Waals surface area contributed by atoms with Crippen LogP contribution in [0.15, 0.2) is 39.9 Å². The standard InChI is InChI=1S/C14H15F3N2O2/c1-4-14(16,17)10-5-6-12(11(15)7-10)18-19-13(8(2)20)9(3)21/h5-7,20H,4H2,1-3H3. The average molecular weight is 300 g/mol. The van der Waals surface area contributed by atoms with E-state index in [9.17, 15) is 23.1 Å². The molecule has 1 rings (SSSR count). The Bertz CT molecular complexity index is 606. The van der Waals surface area contributed by atoms with Crippen LogP contribution in [0, 0.1) is 5.82 Å². The number of ketones is 1. The summed E-state index contributed by atoms with van der Waals surface area (Å²) in [6.07, 6.45) is -0.450. The zero-order valence-corrected chi connectivity index (χ0v) is 11.8. The molecule has 0 atom stereocenters. The Morgan fingerprint density at radius 2 is 1.95 bits per heavy atom. The second-order valence-electron chi connectivity index (χ2n) is 4.41. The van der Waals surface area contributed by atoms with Crippen molar-refractivity contribution in [3.63, 3.8) is 0 Å². The van der Waals surface area contributed by atoms with E-state index in [1.807, 2.05) is 0 Å². The van der Waals surface area contributed by atoms with Crippen LogP contribution in [-0.4, -0.2) is 10.9 Å². The Balaban J connectivity index is 3.13. The third-order valence-corrected chi connectivity index (χ3v) is 2.75. The first-order valence-corrected chi connectivity index (χ1v) is 6.19. The van der Waals surface area contributed by atoms with E-state index < -0.39 is 29.5 Å². The minimum atomic E-state index is -3.12. The molecule has 21 heavy (non-hydrogen) atoms. The molecule has 0 saturated heterocycles. The highest BCUT2D eigenvalue weighted by Gasteiger charge is 2.29. The van der Waals surface area contributed by atoms with E-state index in [1.165, 1.54) is 13.8 Å². The molecule has 0 heterocycles. The molecule has 0 aliphatic heterocycles. The molecular weight excluding hydrogens is 285 g/mol. The van der Waals surface area contributed by atoms with E-state index in [0.29, 0.717) is 6.07 Å². The predicted molar refractivity (Wildman–Crippen MR) is 71.1 cm³/mol. The molecule has 0 amide bonds.